The summed E-state index contributed by atoms with van der Waals surface area (Å²) in [6.45, 7) is 0. The second-order valence-electron chi connectivity index (χ2n) is 5.21. The summed E-state index contributed by atoms with van der Waals surface area (Å²) in [5.74, 6) is 0.265. The van der Waals surface area contributed by atoms with Crippen molar-refractivity contribution >= 4 is 0 Å². The molecule has 0 amide bonds. The minimum Gasteiger partial charge on any atom is -0.494 e. The number of methoxy groups -OCH3 is 1. The number of aromatic nitrogens is 4. The van der Waals surface area contributed by atoms with Gasteiger partial charge < -0.3 is 4.74 Å². The number of halogens is 3. The van der Waals surface area contributed by atoms with E-state index in [0.29, 0.717) is 11.4 Å². The van der Waals surface area contributed by atoms with Crippen LogP contribution in [0.3, 0.4) is 0 Å². The highest BCUT2D eigenvalue weighted by molar-refractivity contribution is 5.65. The molecule has 0 fully saturated rings. The number of ether oxygens (including phenoxy) is 1. The van der Waals surface area contributed by atoms with E-state index in [4.69, 9.17) is 4.74 Å². The predicted octanol–water partition coefficient (Wildman–Crippen LogP) is 2.66. The van der Waals surface area contributed by atoms with Crippen molar-refractivity contribution in [3.8, 4) is 22.7 Å². The molecule has 6 nitrogen and oxygen atoms in total. The maximum atomic E-state index is 12.6. The first-order valence-electron chi connectivity index (χ1n) is 7.15. The molecule has 0 saturated heterocycles. The van der Waals surface area contributed by atoms with Crippen LogP contribution in [0, 0.1) is 0 Å². The van der Waals surface area contributed by atoms with Crippen LogP contribution in [0.2, 0.25) is 0 Å². The standard InChI is InChI=1S/C16H13F3N4O2/c1-22-15(24)14(13(25-2)9-20-22)12-7-8-23(21-12)11-5-3-10(4-6-11)16(17,18)19/h3-9H,1-2H3. The topological polar surface area (TPSA) is 61.9 Å². The summed E-state index contributed by atoms with van der Waals surface area (Å²) < 4.78 is 45.6. The Bertz CT molecular complexity index is 959. The number of alkyl halides is 3. The third-order valence-electron chi connectivity index (χ3n) is 3.63. The summed E-state index contributed by atoms with van der Waals surface area (Å²) in [4.78, 5) is 12.3. The second-order valence-corrected chi connectivity index (χ2v) is 5.21. The molecule has 0 spiro atoms. The summed E-state index contributed by atoms with van der Waals surface area (Å²) in [7, 11) is 2.91. The highest BCUT2D eigenvalue weighted by Crippen LogP contribution is 2.30. The quantitative estimate of drug-likeness (QED) is 0.729. The van der Waals surface area contributed by atoms with E-state index >= 15 is 0 Å². The van der Waals surface area contributed by atoms with Crippen molar-refractivity contribution in [2.75, 3.05) is 7.11 Å². The van der Waals surface area contributed by atoms with Crippen LogP contribution >= 0.6 is 0 Å². The Morgan fingerprint density at radius 1 is 1.12 bits per heavy atom. The normalized spacial score (nSPS) is 11.6. The Morgan fingerprint density at radius 2 is 1.80 bits per heavy atom. The molecule has 25 heavy (non-hydrogen) atoms. The van der Waals surface area contributed by atoms with Gasteiger partial charge in [0.05, 0.1) is 24.6 Å². The van der Waals surface area contributed by atoms with Crippen LogP contribution in [-0.4, -0.2) is 26.7 Å². The van der Waals surface area contributed by atoms with Crippen LogP contribution in [0.15, 0.2) is 47.5 Å². The molecule has 0 atom stereocenters. The van der Waals surface area contributed by atoms with E-state index in [1.54, 1.807) is 12.3 Å². The van der Waals surface area contributed by atoms with Gasteiger partial charge in [0, 0.05) is 13.2 Å². The predicted molar refractivity (Wildman–Crippen MR) is 83.6 cm³/mol. The molecular formula is C16H13F3N4O2. The first kappa shape index (κ1) is 16.7. The van der Waals surface area contributed by atoms with Crippen molar-refractivity contribution < 1.29 is 17.9 Å². The Hall–Kier alpha value is -3.10. The molecule has 0 aliphatic carbocycles. The van der Waals surface area contributed by atoms with Gasteiger partial charge in [-0.25, -0.2) is 9.36 Å². The second kappa shape index (κ2) is 6.08. The molecule has 0 saturated carbocycles. The van der Waals surface area contributed by atoms with E-state index in [0.717, 1.165) is 16.8 Å². The zero-order chi connectivity index (χ0) is 18.2. The van der Waals surface area contributed by atoms with Gasteiger partial charge in [-0.05, 0) is 30.3 Å². The fraction of sp³-hybridized carbons (Fsp3) is 0.188. The number of aryl methyl sites for hydroxylation is 1. The monoisotopic (exact) mass is 350 g/mol. The molecule has 3 rings (SSSR count). The summed E-state index contributed by atoms with van der Waals surface area (Å²) in [6, 6.07) is 6.14. The van der Waals surface area contributed by atoms with Crippen molar-refractivity contribution in [2.45, 2.75) is 6.18 Å². The first-order chi connectivity index (χ1) is 11.8. The van der Waals surface area contributed by atoms with Crippen molar-refractivity contribution in [3.63, 3.8) is 0 Å². The molecule has 0 aliphatic rings. The molecule has 130 valence electrons. The van der Waals surface area contributed by atoms with E-state index in [-0.39, 0.29) is 11.3 Å². The third kappa shape index (κ3) is 3.12. The number of benzene rings is 1. The van der Waals surface area contributed by atoms with Gasteiger partial charge in [-0.1, -0.05) is 0 Å². The van der Waals surface area contributed by atoms with Crippen LogP contribution in [0.25, 0.3) is 16.9 Å². The van der Waals surface area contributed by atoms with E-state index in [9.17, 15) is 18.0 Å². The van der Waals surface area contributed by atoms with Crippen molar-refractivity contribution in [3.05, 3.63) is 58.6 Å². The fourth-order valence-corrected chi connectivity index (χ4v) is 2.32. The molecule has 2 aromatic heterocycles. The van der Waals surface area contributed by atoms with Crippen LogP contribution in [-0.2, 0) is 13.2 Å². The molecule has 0 bridgehead atoms. The molecule has 1 aromatic carbocycles. The molecule has 0 radical (unpaired) electrons. The highest BCUT2D eigenvalue weighted by Gasteiger charge is 2.30. The molecule has 3 aromatic rings. The third-order valence-corrected chi connectivity index (χ3v) is 3.63. The van der Waals surface area contributed by atoms with Gasteiger partial charge >= 0.3 is 6.18 Å². The maximum Gasteiger partial charge on any atom is 0.416 e. The minimum atomic E-state index is -4.40. The lowest BCUT2D eigenvalue weighted by Crippen LogP contribution is -2.21. The molecule has 2 heterocycles. The lowest BCUT2D eigenvalue weighted by molar-refractivity contribution is -0.137. The van der Waals surface area contributed by atoms with E-state index in [2.05, 4.69) is 10.2 Å². The SMILES string of the molecule is COc1cnn(C)c(=O)c1-c1ccn(-c2ccc(C(F)(F)F)cc2)n1. The number of hydrogen-bond donors (Lipinski definition) is 0. The van der Waals surface area contributed by atoms with Crippen molar-refractivity contribution in [1.82, 2.24) is 19.6 Å². The first-order valence-corrected chi connectivity index (χ1v) is 7.15. The summed E-state index contributed by atoms with van der Waals surface area (Å²) in [5.41, 5.74) is -0.139. The van der Waals surface area contributed by atoms with Crippen LogP contribution in [0.4, 0.5) is 13.2 Å². The van der Waals surface area contributed by atoms with Crippen LogP contribution < -0.4 is 10.3 Å². The number of nitrogens with zero attached hydrogens (tertiary/aromatic N) is 4. The fourth-order valence-electron chi connectivity index (χ4n) is 2.32. The number of hydrogen-bond acceptors (Lipinski definition) is 4. The Balaban J connectivity index is 2.02. The maximum absolute atomic E-state index is 12.6. The Morgan fingerprint density at radius 3 is 2.40 bits per heavy atom. The molecule has 9 heteroatoms. The van der Waals surface area contributed by atoms with Gasteiger partial charge in [0.2, 0.25) is 0 Å². The average Bonchev–Trinajstić information content (AvgIpc) is 3.06. The van der Waals surface area contributed by atoms with Gasteiger partial charge in [-0.15, -0.1) is 0 Å². The van der Waals surface area contributed by atoms with Crippen molar-refractivity contribution in [1.29, 1.82) is 0 Å². The molecular weight excluding hydrogens is 337 g/mol. The van der Waals surface area contributed by atoms with Crippen molar-refractivity contribution in [2.24, 2.45) is 7.05 Å². The average molecular weight is 350 g/mol. The summed E-state index contributed by atoms with van der Waals surface area (Å²) >= 11 is 0. The van der Waals surface area contributed by atoms with E-state index < -0.39 is 17.3 Å². The molecule has 0 aliphatic heterocycles. The summed E-state index contributed by atoms with van der Waals surface area (Å²) in [6.07, 6.45) is -1.45. The lowest BCUT2D eigenvalue weighted by Gasteiger charge is -2.08. The zero-order valence-electron chi connectivity index (χ0n) is 13.3. The zero-order valence-corrected chi connectivity index (χ0v) is 13.3. The molecule has 0 N–H and O–H groups in total. The largest absolute Gasteiger partial charge is 0.494 e. The van der Waals surface area contributed by atoms with Gasteiger partial charge in [0.25, 0.3) is 5.56 Å². The Kier molecular flexibility index (Phi) is 4.07. The number of rotatable bonds is 3. The smallest absolute Gasteiger partial charge is 0.416 e. The van der Waals surface area contributed by atoms with Gasteiger partial charge in [0.15, 0.2) is 5.75 Å². The van der Waals surface area contributed by atoms with Crippen LogP contribution in [0.1, 0.15) is 5.56 Å². The van der Waals surface area contributed by atoms with E-state index in [1.807, 2.05) is 0 Å². The lowest BCUT2D eigenvalue weighted by atomic mass is 10.2. The minimum absolute atomic E-state index is 0.227. The molecule has 0 unspecified atom stereocenters. The van der Waals surface area contributed by atoms with E-state index in [1.165, 1.54) is 37.2 Å². The van der Waals surface area contributed by atoms with Crippen LogP contribution in [0.5, 0.6) is 5.75 Å². The van der Waals surface area contributed by atoms with Gasteiger partial charge in [0.1, 0.15) is 11.3 Å². The van der Waals surface area contributed by atoms with Gasteiger partial charge in [-0.2, -0.15) is 23.4 Å². The Labute approximate surface area is 140 Å². The highest BCUT2D eigenvalue weighted by atomic mass is 19.4. The summed E-state index contributed by atoms with van der Waals surface area (Å²) in [5, 5.41) is 8.14. The van der Waals surface area contributed by atoms with Gasteiger partial charge in [-0.3, -0.25) is 4.79 Å².